The standard InChI is InChI=1S/C23H28N4O4/c1-31-22-10-9-20(27(29)30)18-21(22)24-23(28)11-13-26-16-14-25(15-17-26)12-5-8-19-6-3-2-4-7-19/h2-10,18H,11-17H2,1H3,(H,24,28)/p+2/b8-5+. The van der Waals surface area contributed by atoms with E-state index in [0.29, 0.717) is 17.9 Å². The number of ether oxygens (including phenoxy) is 1. The highest BCUT2D eigenvalue weighted by Crippen LogP contribution is 2.28. The highest BCUT2D eigenvalue weighted by atomic mass is 16.6. The molecule has 2 aromatic carbocycles. The Balaban J connectivity index is 1.40. The summed E-state index contributed by atoms with van der Waals surface area (Å²) in [5.41, 5.74) is 1.47. The number of nitrogens with zero attached hydrogens (tertiary/aromatic N) is 1. The van der Waals surface area contributed by atoms with Gasteiger partial charge in [0.1, 0.15) is 31.9 Å². The van der Waals surface area contributed by atoms with Gasteiger partial charge in [-0.2, -0.15) is 0 Å². The average molecular weight is 427 g/mol. The minimum Gasteiger partial charge on any atom is -0.495 e. The minimum atomic E-state index is -0.490. The molecule has 3 N–H and O–H groups in total. The first-order chi connectivity index (χ1) is 15.0. The average Bonchev–Trinajstić information content (AvgIpc) is 2.79. The van der Waals surface area contributed by atoms with Gasteiger partial charge >= 0.3 is 0 Å². The second kappa shape index (κ2) is 11.2. The molecule has 0 atom stereocenters. The van der Waals surface area contributed by atoms with E-state index in [0.717, 1.165) is 39.3 Å². The molecule has 1 aliphatic rings. The lowest BCUT2D eigenvalue weighted by Crippen LogP contribution is -3.28. The zero-order valence-corrected chi connectivity index (χ0v) is 17.8. The van der Waals surface area contributed by atoms with E-state index in [1.165, 1.54) is 35.8 Å². The van der Waals surface area contributed by atoms with Crippen molar-refractivity contribution >= 4 is 23.4 Å². The molecular formula is C23H30N4O4+2. The van der Waals surface area contributed by atoms with Crippen molar-refractivity contribution in [3.8, 4) is 5.75 Å². The Morgan fingerprint density at radius 2 is 1.84 bits per heavy atom. The van der Waals surface area contributed by atoms with E-state index in [4.69, 9.17) is 4.74 Å². The number of nitrogens with one attached hydrogen (secondary N) is 3. The lowest BCUT2D eigenvalue weighted by molar-refractivity contribution is -1.01. The van der Waals surface area contributed by atoms with Crippen LogP contribution in [0, 0.1) is 10.1 Å². The van der Waals surface area contributed by atoms with Crippen molar-refractivity contribution in [2.45, 2.75) is 6.42 Å². The number of benzene rings is 2. The third kappa shape index (κ3) is 6.91. The molecule has 8 nitrogen and oxygen atoms in total. The van der Waals surface area contributed by atoms with Crippen LogP contribution in [0.3, 0.4) is 0 Å². The van der Waals surface area contributed by atoms with Crippen molar-refractivity contribution in [3.63, 3.8) is 0 Å². The largest absolute Gasteiger partial charge is 0.495 e. The van der Waals surface area contributed by atoms with Crippen LogP contribution in [0.1, 0.15) is 12.0 Å². The summed E-state index contributed by atoms with van der Waals surface area (Å²) in [5.74, 6) is 0.249. The van der Waals surface area contributed by atoms with E-state index in [-0.39, 0.29) is 11.6 Å². The van der Waals surface area contributed by atoms with Crippen LogP contribution in [-0.4, -0.2) is 57.2 Å². The monoisotopic (exact) mass is 426 g/mol. The van der Waals surface area contributed by atoms with Gasteiger partial charge in [-0.05, 0) is 17.7 Å². The van der Waals surface area contributed by atoms with Crippen LogP contribution in [0.4, 0.5) is 11.4 Å². The maximum Gasteiger partial charge on any atom is 0.271 e. The first-order valence-electron chi connectivity index (χ1n) is 10.6. The zero-order chi connectivity index (χ0) is 22.1. The van der Waals surface area contributed by atoms with Crippen LogP contribution in [0.15, 0.2) is 54.6 Å². The topological polar surface area (TPSA) is 90.3 Å². The normalized spacial score (nSPS) is 18.6. The third-order valence-electron chi connectivity index (χ3n) is 5.55. The summed E-state index contributed by atoms with van der Waals surface area (Å²) in [6, 6.07) is 14.5. The van der Waals surface area contributed by atoms with Gasteiger partial charge in [0, 0.05) is 12.1 Å². The van der Waals surface area contributed by atoms with Crippen molar-refractivity contribution in [1.29, 1.82) is 0 Å². The second-order valence-corrected chi connectivity index (χ2v) is 7.71. The molecule has 1 heterocycles. The molecule has 0 saturated carbocycles. The summed E-state index contributed by atoms with van der Waals surface area (Å²) in [7, 11) is 1.47. The third-order valence-corrected chi connectivity index (χ3v) is 5.55. The number of quaternary nitrogens is 2. The molecule has 0 unspecified atom stereocenters. The summed E-state index contributed by atoms with van der Waals surface area (Å²) in [5, 5.41) is 13.7. The number of hydrogen-bond donors (Lipinski definition) is 3. The molecule has 2 aromatic rings. The van der Waals surface area contributed by atoms with Gasteiger partial charge in [0.15, 0.2) is 0 Å². The minimum absolute atomic E-state index is 0.0814. The van der Waals surface area contributed by atoms with Gasteiger partial charge in [0.05, 0.1) is 37.2 Å². The number of amides is 1. The highest BCUT2D eigenvalue weighted by molar-refractivity contribution is 5.92. The molecular weight excluding hydrogens is 396 g/mol. The number of piperazine rings is 1. The van der Waals surface area contributed by atoms with Gasteiger partial charge in [0.2, 0.25) is 5.91 Å². The molecule has 0 aliphatic carbocycles. The van der Waals surface area contributed by atoms with Crippen LogP contribution in [0.5, 0.6) is 5.75 Å². The number of non-ortho nitro benzene ring substituents is 1. The van der Waals surface area contributed by atoms with E-state index in [9.17, 15) is 14.9 Å². The molecule has 1 saturated heterocycles. The summed E-state index contributed by atoms with van der Waals surface area (Å²) in [6.45, 7) is 5.97. The van der Waals surface area contributed by atoms with Crippen LogP contribution in [0.25, 0.3) is 6.08 Å². The number of hydrogen-bond acceptors (Lipinski definition) is 4. The van der Waals surface area contributed by atoms with Crippen LogP contribution < -0.4 is 19.9 Å². The fourth-order valence-corrected chi connectivity index (χ4v) is 3.75. The molecule has 1 fully saturated rings. The molecule has 164 valence electrons. The Hall–Kier alpha value is -3.23. The first kappa shape index (κ1) is 22.5. The molecule has 1 aliphatic heterocycles. The van der Waals surface area contributed by atoms with Crippen molar-refractivity contribution in [2.75, 3.05) is 51.7 Å². The summed E-state index contributed by atoms with van der Waals surface area (Å²) in [4.78, 5) is 25.8. The van der Waals surface area contributed by atoms with E-state index in [2.05, 4.69) is 29.6 Å². The fourth-order valence-electron chi connectivity index (χ4n) is 3.75. The molecule has 8 heteroatoms. The first-order valence-corrected chi connectivity index (χ1v) is 10.6. The zero-order valence-electron chi connectivity index (χ0n) is 17.8. The Morgan fingerprint density at radius 3 is 2.52 bits per heavy atom. The molecule has 0 bridgehead atoms. The molecule has 0 spiro atoms. The molecule has 3 rings (SSSR count). The van der Waals surface area contributed by atoms with Crippen LogP contribution in [0.2, 0.25) is 0 Å². The number of nitro groups is 1. The summed E-state index contributed by atoms with van der Waals surface area (Å²) in [6.07, 6.45) is 4.76. The van der Waals surface area contributed by atoms with Crippen molar-refractivity contribution in [1.82, 2.24) is 0 Å². The molecule has 0 radical (unpaired) electrons. The fraction of sp³-hybridized carbons (Fsp3) is 0.348. The van der Waals surface area contributed by atoms with Gasteiger partial charge in [0.25, 0.3) is 5.69 Å². The number of methoxy groups -OCH3 is 1. The predicted octanol–water partition coefficient (Wildman–Crippen LogP) is 0.429. The Morgan fingerprint density at radius 1 is 1.13 bits per heavy atom. The number of carbonyl (C=O) groups excluding carboxylic acids is 1. The smallest absolute Gasteiger partial charge is 0.271 e. The van der Waals surface area contributed by atoms with Crippen molar-refractivity contribution in [2.24, 2.45) is 0 Å². The number of anilines is 1. The number of rotatable bonds is 9. The van der Waals surface area contributed by atoms with Crippen molar-refractivity contribution < 1.29 is 24.3 Å². The van der Waals surface area contributed by atoms with Gasteiger partial charge < -0.3 is 19.9 Å². The van der Waals surface area contributed by atoms with Gasteiger partial charge in [-0.3, -0.25) is 14.9 Å². The van der Waals surface area contributed by atoms with Gasteiger partial charge in [-0.15, -0.1) is 0 Å². The molecule has 0 aromatic heterocycles. The summed E-state index contributed by atoms with van der Waals surface area (Å²) >= 11 is 0. The van der Waals surface area contributed by atoms with E-state index < -0.39 is 4.92 Å². The molecule has 31 heavy (non-hydrogen) atoms. The highest BCUT2D eigenvalue weighted by Gasteiger charge is 2.23. The summed E-state index contributed by atoms with van der Waals surface area (Å²) < 4.78 is 5.20. The lowest BCUT2D eigenvalue weighted by atomic mass is 10.2. The molecule has 1 amide bonds. The van der Waals surface area contributed by atoms with Crippen LogP contribution >= 0.6 is 0 Å². The van der Waals surface area contributed by atoms with Gasteiger partial charge in [-0.1, -0.05) is 36.4 Å². The maximum absolute atomic E-state index is 12.4. The van der Waals surface area contributed by atoms with E-state index >= 15 is 0 Å². The Labute approximate surface area is 182 Å². The predicted molar refractivity (Wildman–Crippen MR) is 119 cm³/mol. The quantitative estimate of drug-likeness (QED) is 0.401. The maximum atomic E-state index is 12.4. The SMILES string of the molecule is COc1ccc([N+](=O)[O-])cc1NC(=O)CC[NH+]1CC[NH+](C/C=C/c2ccccc2)CC1. The number of nitro benzene ring substituents is 1. The second-order valence-electron chi connectivity index (χ2n) is 7.71. The van der Waals surface area contributed by atoms with Gasteiger partial charge in [-0.25, -0.2) is 0 Å². The number of carbonyl (C=O) groups is 1. The lowest BCUT2D eigenvalue weighted by Gasteiger charge is -2.29. The van der Waals surface area contributed by atoms with Crippen LogP contribution in [-0.2, 0) is 4.79 Å². The Bertz CT molecular complexity index is 909. The van der Waals surface area contributed by atoms with Crippen molar-refractivity contribution in [3.05, 3.63) is 70.3 Å². The van der Waals surface area contributed by atoms with E-state index in [1.807, 2.05) is 18.2 Å². The Kier molecular flexibility index (Phi) is 8.14. The van der Waals surface area contributed by atoms with E-state index in [1.54, 1.807) is 4.90 Å².